The summed E-state index contributed by atoms with van der Waals surface area (Å²) in [4.78, 5) is 0. The number of alkyl halides is 1. The van der Waals surface area contributed by atoms with E-state index in [1.165, 1.54) is 0 Å². The number of allylic oxidation sites excluding steroid dienone is 4. The molecule has 12 heavy (non-hydrogen) atoms. The molecule has 1 unspecified atom stereocenters. The van der Waals surface area contributed by atoms with Crippen molar-refractivity contribution in [1.82, 2.24) is 0 Å². The van der Waals surface area contributed by atoms with E-state index in [0.717, 1.165) is 6.42 Å². The van der Waals surface area contributed by atoms with E-state index in [4.69, 9.17) is 0 Å². The van der Waals surface area contributed by atoms with Crippen molar-refractivity contribution < 1.29 is 4.39 Å². The highest BCUT2D eigenvalue weighted by Gasteiger charge is 2.39. The summed E-state index contributed by atoms with van der Waals surface area (Å²) in [6.45, 7) is 6.01. The van der Waals surface area contributed by atoms with Gasteiger partial charge in [-0.2, -0.15) is 0 Å². The zero-order valence-corrected chi connectivity index (χ0v) is 8.10. The third-order valence-electron chi connectivity index (χ3n) is 2.88. The third-order valence-corrected chi connectivity index (χ3v) is 2.88. The highest BCUT2D eigenvalue weighted by molar-refractivity contribution is 5.19. The Morgan fingerprint density at radius 2 is 2.00 bits per heavy atom. The second-order valence-electron chi connectivity index (χ2n) is 4.53. The predicted molar refractivity (Wildman–Crippen MR) is 50.8 cm³/mol. The van der Waals surface area contributed by atoms with Gasteiger partial charge in [-0.15, -0.1) is 0 Å². The van der Waals surface area contributed by atoms with Crippen LogP contribution >= 0.6 is 0 Å². The molecule has 0 saturated carbocycles. The van der Waals surface area contributed by atoms with Crippen LogP contribution in [0.1, 0.15) is 27.2 Å². The Labute approximate surface area is 74.2 Å². The highest BCUT2D eigenvalue weighted by atomic mass is 19.1. The summed E-state index contributed by atoms with van der Waals surface area (Å²) < 4.78 is 12.9. The van der Waals surface area contributed by atoms with Crippen molar-refractivity contribution in [3.8, 4) is 0 Å². The fourth-order valence-electron chi connectivity index (χ4n) is 1.52. The normalized spacial score (nSPS) is 29.3. The minimum Gasteiger partial charge on any atom is -0.250 e. The Morgan fingerprint density at radius 3 is 2.25 bits per heavy atom. The lowest BCUT2D eigenvalue weighted by molar-refractivity contribution is 0.107. The fourth-order valence-corrected chi connectivity index (χ4v) is 1.52. The van der Waals surface area contributed by atoms with E-state index < -0.39 is 0 Å². The van der Waals surface area contributed by atoms with Gasteiger partial charge in [-0.05, 0) is 11.8 Å². The van der Waals surface area contributed by atoms with Crippen LogP contribution in [0.25, 0.3) is 0 Å². The predicted octanol–water partition coefficient (Wildman–Crippen LogP) is 3.50. The molecule has 68 valence electrons. The second-order valence-corrected chi connectivity index (χ2v) is 4.53. The first kappa shape index (κ1) is 9.50. The van der Waals surface area contributed by atoms with E-state index in [2.05, 4.69) is 20.8 Å². The first-order valence-electron chi connectivity index (χ1n) is 4.42. The first-order chi connectivity index (χ1) is 5.52. The lowest BCUT2D eigenvalue weighted by Crippen LogP contribution is -2.36. The van der Waals surface area contributed by atoms with Gasteiger partial charge in [0.15, 0.2) is 0 Å². The second kappa shape index (κ2) is 3.04. The molecule has 0 aromatic carbocycles. The largest absolute Gasteiger partial charge is 0.250 e. The molecule has 1 aliphatic rings. The average Bonchev–Trinajstić information content (AvgIpc) is 2.04. The molecule has 0 aromatic heterocycles. The molecule has 1 rings (SSSR count). The zero-order valence-electron chi connectivity index (χ0n) is 8.10. The van der Waals surface area contributed by atoms with Crippen LogP contribution in [0.3, 0.4) is 0 Å². The van der Waals surface area contributed by atoms with E-state index in [1.54, 1.807) is 0 Å². The van der Waals surface area contributed by atoms with Crippen molar-refractivity contribution in [2.24, 2.45) is 10.8 Å². The van der Waals surface area contributed by atoms with E-state index in [1.807, 2.05) is 24.3 Å². The Morgan fingerprint density at radius 1 is 1.33 bits per heavy atom. The highest BCUT2D eigenvalue weighted by Crippen LogP contribution is 2.44. The molecule has 0 radical (unpaired) electrons. The smallest absolute Gasteiger partial charge is 0.0993 e. The van der Waals surface area contributed by atoms with Crippen LogP contribution in [0.2, 0.25) is 0 Å². The van der Waals surface area contributed by atoms with Gasteiger partial charge in [0.25, 0.3) is 0 Å². The van der Waals surface area contributed by atoms with E-state index in [0.29, 0.717) is 0 Å². The quantitative estimate of drug-likeness (QED) is 0.562. The number of hydrogen-bond donors (Lipinski definition) is 0. The van der Waals surface area contributed by atoms with Crippen molar-refractivity contribution in [2.75, 3.05) is 6.67 Å². The Balaban J connectivity index is 2.91. The van der Waals surface area contributed by atoms with Crippen LogP contribution in [0.5, 0.6) is 0 Å². The maximum atomic E-state index is 12.9. The van der Waals surface area contributed by atoms with Gasteiger partial charge >= 0.3 is 0 Å². The molecule has 0 N–H and O–H groups in total. The molecule has 0 amide bonds. The molecule has 0 aromatic rings. The summed E-state index contributed by atoms with van der Waals surface area (Å²) >= 11 is 0. The third kappa shape index (κ3) is 1.45. The first-order valence-corrected chi connectivity index (χ1v) is 4.42. The van der Waals surface area contributed by atoms with Gasteiger partial charge in [0, 0.05) is 5.41 Å². The Hall–Kier alpha value is -0.590. The molecule has 1 heteroatoms. The summed E-state index contributed by atoms with van der Waals surface area (Å²) in [5.74, 6) is 0. The van der Waals surface area contributed by atoms with Gasteiger partial charge in [-0.1, -0.05) is 45.1 Å². The van der Waals surface area contributed by atoms with Gasteiger partial charge in [-0.3, -0.25) is 4.39 Å². The minimum absolute atomic E-state index is 0.00299. The topological polar surface area (TPSA) is 0 Å². The summed E-state index contributed by atoms with van der Waals surface area (Å²) in [5.41, 5.74) is -0.273. The molecular weight excluding hydrogens is 151 g/mol. The molecule has 1 atom stereocenters. The van der Waals surface area contributed by atoms with Crippen LogP contribution in [-0.4, -0.2) is 6.67 Å². The minimum atomic E-state index is -0.276. The molecule has 0 aliphatic heterocycles. The number of halogens is 1. The lowest BCUT2D eigenvalue weighted by atomic mass is 9.64. The van der Waals surface area contributed by atoms with Crippen molar-refractivity contribution in [1.29, 1.82) is 0 Å². The van der Waals surface area contributed by atoms with E-state index >= 15 is 0 Å². The molecule has 1 aliphatic carbocycles. The molecule has 0 saturated heterocycles. The summed E-state index contributed by atoms with van der Waals surface area (Å²) in [6, 6.07) is 0. The van der Waals surface area contributed by atoms with Gasteiger partial charge in [0.05, 0.1) is 6.67 Å². The Kier molecular flexibility index (Phi) is 2.41. The van der Waals surface area contributed by atoms with Crippen LogP contribution in [0.15, 0.2) is 24.3 Å². The molecule has 0 fully saturated rings. The van der Waals surface area contributed by atoms with Gasteiger partial charge in [-0.25, -0.2) is 0 Å². The van der Waals surface area contributed by atoms with Gasteiger partial charge < -0.3 is 0 Å². The number of rotatable bonds is 1. The van der Waals surface area contributed by atoms with Crippen LogP contribution < -0.4 is 0 Å². The van der Waals surface area contributed by atoms with Crippen LogP contribution in [-0.2, 0) is 0 Å². The van der Waals surface area contributed by atoms with Gasteiger partial charge in [0.2, 0.25) is 0 Å². The van der Waals surface area contributed by atoms with E-state index in [-0.39, 0.29) is 17.5 Å². The molecule has 0 nitrogen and oxygen atoms in total. The molecule has 0 spiro atoms. The molecular formula is C11H17F. The van der Waals surface area contributed by atoms with Crippen molar-refractivity contribution in [3.05, 3.63) is 24.3 Å². The van der Waals surface area contributed by atoms with Crippen molar-refractivity contribution in [3.63, 3.8) is 0 Å². The Bertz CT molecular complexity index is 208. The van der Waals surface area contributed by atoms with Gasteiger partial charge in [0.1, 0.15) is 0 Å². The SMILES string of the molecule is CC(C)(C)C1(CF)C=CC=CC1. The summed E-state index contributed by atoms with van der Waals surface area (Å²) in [5, 5.41) is 0. The van der Waals surface area contributed by atoms with E-state index in [9.17, 15) is 4.39 Å². The van der Waals surface area contributed by atoms with Crippen molar-refractivity contribution in [2.45, 2.75) is 27.2 Å². The maximum Gasteiger partial charge on any atom is 0.0993 e. The summed E-state index contributed by atoms with van der Waals surface area (Å²) in [7, 11) is 0. The monoisotopic (exact) mass is 168 g/mol. The standard InChI is InChI=1S/C11H17F/c1-10(2,3)11(9-12)7-5-4-6-8-11/h4-7H,8-9H2,1-3H3. The van der Waals surface area contributed by atoms with Crippen LogP contribution in [0, 0.1) is 10.8 Å². The summed E-state index contributed by atoms with van der Waals surface area (Å²) in [6.07, 6.45) is 8.81. The number of hydrogen-bond acceptors (Lipinski definition) is 0. The lowest BCUT2D eigenvalue weighted by Gasteiger charge is -2.41. The molecule has 0 heterocycles. The molecule has 0 bridgehead atoms. The van der Waals surface area contributed by atoms with Crippen molar-refractivity contribution >= 4 is 0 Å². The fraction of sp³-hybridized carbons (Fsp3) is 0.636. The average molecular weight is 168 g/mol. The maximum absolute atomic E-state index is 12.9. The van der Waals surface area contributed by atoms with Crippen LogP contribution in [0.4, 0.5) is 4.39 Å². The zero-order chi connectivity index (χ0) is 9.24.